The predicted octanol–water partition coefficient (Wildman–Crippen LogP) is 13.0. The maximum atomic E-state index is 6.95. The summed E-state index contributed by atoms with van der Waals surface area (Å²) in [6.45, 7) is 0. The van der Waals surface area contributed by atoms with E-state index in [2.05, 4.69) is 138 Å². The Balaban J connectivity index is 1.30. The second-order valence-corrected chi connectivity index (χ2v) is 12.7. The van der Waals surface area contributed by atoms with Gasteiger partial charge in [-0.15, -0.1) is 11.3 Å². The van der Waals surface area contributed by atoms with E-state index in [9.17, 15) is 0 Å². The minimum Gasteiger partial charge on any atom is -0.456 e. The van der Waals surface area contributed by atoms with Crippen LogP contribution in [0.3, 0.4) is 0 Å². The van der Waals surface area contributed by atoms with Gasteiger partial charge < -0.3 is 13.7 Å². The summed E-state index contributed by atoms with van der Waals surface area (Å²) in [5.41, 5.74) is 8.89. The minimum atomic E-state index is 0.858. The first-order valence-corrected chi connectivity index (χ1v) is 16.2. The van der Waals surface area contributed by atoms with E-state index in [4.69, 9.17) is 8.83 Å². The van der Waals surface area contributed by atoms with Crippen molar-refractivity contribution in [3.05, 3.63) is 152 Å². The van der Waals surface area contributed by atoms with Gasteiger partial charge in [-0.25, -0.2) is 0 Å². The van der Waals surface area contributed by atoms with E-state index < -0.39 is 0 Å². The summed E-state index contributed by atoms with van der Waals surface area (Å²) >= 11 is 1.83. The topological polar surface area (TPSA) is 29.5 Å². The Bertz CT molecular complexity index is 2770. The van der Waals surface area contributed by atoms with Gasteiger partial charge in [-0.05, 0) is 48.0 Å². The summed E-state index contributed by atoms with van der Waals surface area (Å²) < 4.78 is 15.7. The van der Waals surface area contributed by atoms with Crippen molar-refractivity contribution in [2.45, 2.75) is 0 Å². The molecule has 0 fully saturated rings. The number of hydrogen-bond donors (Lipinski definition) is 0. The van der Waals surface area contributed by atoms with Crippen molar-refractivity contribution in [1.82, 2.24) is 0 Å². The van der Waals surface area contributed by atoms with Crippen LogP contribution in [0.15, 0.2) is 160 Å². The van der Waals surface area contributed by atoms with E-state index in [1.54, 1.807) is 0 Å². The SMILES string of the molecule is c1ccc(-c2cccc3c2oc2c(N(c4ccc5oc6ccccc6c5c4)c4cccc5c4sc4ccccc45)cccc23)cc1. The average Bonchev–Trinajstić information content (AvgIpc) is 3.81. The van der Waals surface area contributed by atoms with E-state index in [1.807, 2.05) is 29.5 Å². The van der Waals surface area contributed by atoms with E-state index >= 15 is 0 Å². The van der Waals surface area contributed by atoms with Gasteiger partial charge in [0.05, 0.1) is 16.1 Å². The quantitative estimate of drug-likeness (QED) is 0.199. The maximum absolute atomic E-state index is 6.95. The molecular formula is C42H25NO2S. The zero-order chi connectivity index (χ0) is 30.2. The fourth-order valence-corrected chi connectivity index (χ4v) is 8.20. The lowest BCUT2D eigenvalue weighted by atomic mass is 10.0. The van der Waals surface area contributed by atoms with Crippen LogP contribution in [0.4, 0.5) is 17.1 Å². The first-order chi connectivity index (χ1) is 22.8. The van der Waals surface area contributed by atoms with Gasteiger partial charge in [-0.1, -0.05) is 109 Å². The van der Waals surface area contributed by atoms with Crippen LogP contribution < -0.4 is 4.90 Å². The first kappa shape index (κ1) is 25.5. The van der Waals surface area contributed by atoms with Crippen molar-refractivity contribution in [2.75, 3.05) is 4.90 Å². The molecule has 4 heteroatoms. The Hall–Kier alpha value is -5.84. The third-order valence-electron chi connectivity index (χ3n) is 9.07. The number of para-hydroxylation sites is 3. The molecule has 216 valence electrons. The summed E-state index contributed by atoms with van der Waals surface area (Å²) in [6, 6.07) is 53.5. The standard InChI is InChI=1S/C42H25NO2S/c1-2-11-26(12-3-1)28-15-8-16-31-32-17-9-19-35(41(32)45-40(28)31)43(27-23-24-38-34(25-27)29-13-4-6-21-37(29)44-38)36-20-10-18-33-30-14-5-7-22-39(30)46-42(33)36/h1-25H. The largest absolute Gasteiger partial charge is 0.456 e. The van der Waals surface area contributed by atoms with Gasteiger partial charge in [0.1, 0.15) is 16.7 Å². The number of furan rings is 2. The fraction of sp³-hybridized carbons (Fsp3) is 0. The van der Waals surface area contributed by atoms with E-state index in [0.717, 1.165) is 72.1 Å². The van der Waals surface area contributed by atoms with Crippen LogP contribution in [0.25, 0.3) is 75.2 Å². The third kappa shape index (κ3) is 3.71. The molecule has 7 aromatic carbocycles. The lowest BCUT2D eigenvalue weighted by molar-refractivity contribution is 0.669. The lowest BCUT2D eigenvalue weighted by Crippen LogP contribution is -2.10. The van der Waals surface area contributed by atoms with Crippen molar-refractivity contribution >= 4 is 92.4 Å². The number of nitrogens with zero attached hydrogens (tertiary/aromatic N) is 1. The molecule has 0 spiro atoms. The van der Waals surface area contributed by atoms with Gasteiger partial charge in [-0.2, -0.15) is 0 Å². The van der Waals surface area contributed by atoms with Gasteiger partial charge in [0.25, 0.3) is 0 Å². The van der Waals surface area contributed by atoms with E-state index in [0.29, 0.717) is 0 Å². The van der Waals surface area contributed by atoms with Gasteiger partial charge >= 0.3 is 0 Å². The molecule has 10 aromatic rings. The summed E-state index contributed by atoms with van der Waals surface area (Å²) in [5.74, 6) is 0. The van der Waals surface area contributed by atoms with Gasteiger partial charge in [0.15, 0.2) is 5.58 Å². The molecule has 0 saturated carbocycles. The molecule has 10 rings (SSSR count). The van der Waals surface area contributed by atoms with Crippen LogP contribution in [0, 0.1) is 0 Å². The number of benzene rings is 7. The molecule has 0 N–H and O–H groups in total. The zero-order valence-electron chi connectivity index (χ0n) is 24.6. The number of thiophene rings is 1. The second kappa shape index (κ2) is 9.83. The normalized spacial score (nSPS) is 11.9. The molecule has 0 aliphatic rings. The van der Waals surface area contributed by atoms with Crippen LogP contribution >= 0.6 is 11.3 Å². The monoisotopic (exact) mass is 607 g/mol. The smallest absolute Gasteiger partial charge is 0.159 e. The van der Waals surface area contributed by atoms with Crippen LogP contribution in [-0.4, -0.2) is 0 Å². The van der Waals surface area contributed by atoms with Crippen molar-refractivity contribution in [3.63, 3.8) is 0 Å². The summed E-state index contributed by atoms with van der Waals surface area (Å²) in [4.78, 5) is 2.37. The summed E-state index contributed by atoms with van der Waals surface area (Å²) in [5, 5.41) is 6.91. The van der Waals surface area contributed by atoms with Crippen LogP contribution in [-0.2, 0) is 0 Å². The molecule has 0 amide bonds. The van der Waals surface area contributed by atoms with Gasteiger partial charge in [-0.3, -0.25) is 0 Å². The molecule has 46 heavy (non-hydrogen) atoms. The van der Waals surface area contributed by atoms with Crippen molar-refractivity contribution in [1.29, 1.82) is 0 Å². The molecule has 0 aliphatic carbocycles. The number of hydrogen-bond acceptors (Lipinski definition) is 4. The highest BCUT2D eigenvalue weighted by atomic mass is 32.1. The highest BCUT2D eigenvalue weighted by Crippen LogP contribution is 2.49. The second-order valence-electron chi connectivity index (χ2n) is 11.7. The minimum absolute atomic E-state index is 0.858. The number of fused-ring (bicyclic) bond motifs is 9. The fourth-order valence-electron chi connectivity index (χ4n) is 7.00. The maximum Gasteiger partial charge on any atom is 0.159 e. The number of anilines is 3. The molecule has 0 aliphatic heterocycles. The van der Waals surface area contributed by atoms with Crippen molar-refractivity contribution in [3.8, 4) is 11.1 Å². The van der Waals surface area contributed by atoms with E-state index in [-0.39, 0.29) is 0 Å². The molecule has 3 nitrogen and oxygen atoms in total. The van der Waals surface area contributed by atoms with E-state index in [1.165, 1.54) is 20.2 Å². The molecular weight excluding hydrogens is 583 g/mol. The zero-order valence-corrected chi connectivity index (χ0v) is 25.4. The Morgan fingerprint density at radius 2 is 1.11 bits per heavy atom. The Kier molecular flexibility index (Phi) is 5.45. The third-order valence-corrected chi connectivity index (χ3v) is 10.3. The molecule has 0 unspecified atom stereocenters. The highest BCUT2D eigenvalue weighted by Gasteiger charge is 2.24. The first-order valence-electron chi connectivity index (χ1n) is 15.4. The van der Waals surface area contributed by atoms with Crippen LogP contribution in [0.5, 0.6) is 0 Å². The number of rotatable bonds is 4. The summed E-state index contributed by atoms with van der Waals surface area (Å²) in [7, 11) is 0. The molecule has 0 radical (unpaired) electrons. The van der Waals surface area contributed by atoms with Crippen molar-refractivity contribution < 1.29 is 8.83 Å². The van der Waals surface area contributed by atoms with Crippen LogP contribution in [0.1, 0.15) is 0 Å². The average molecular weight is 608 g/mol. The Morgan fingerprint density at radius 3 is 2.00 bits per heavy atom. The molecule has 0 bridgehead atoms. The molecule has 3 heterocycles. The van der Waals surface area contributed by atoms with Gasteiger partial charge in [0.2, 0.25) is 0 Å². The van der Waals surface area contributed by atoms with Crippen molar-refractivity contribution in [2.24, 2.45) is 0 Å². The Morgan fingerprint density at radius 1 is 0.435 bits per heavy atom. The molecule has 0 atom stereocenters. The predicted molar refractivity (Wildman–Crippen MR) is 194 cm³/mol. The molecule has 0 saturated heterocycles. The highest BCUT2D eigenvalue weighted by molar-refractivity contribution is 7.26. The summed E-state index contributed by atoms with van der Waals surface area (Å²) in [6.07, 6.45) is 0. The Labute approximate surface area is 268 Å². The lowest BCUT2D eigenvalue weighted by Gasteiger charge is -2.26. The van der Waals surface area contributed by atoms with Gasteiger partial charge in [0, 0.05) is 48.3 Å². The van der Waals surface area contributed by atoms with Crippen LogP contribution in [0.2, 0.25) is 0 Å². The molecule has 3 aromatic heterocycles.